The van der Waals surface area contributed by atoms with Gasteiger partial charge in [-0.05, 0) is 36.6 Å². The lowest BCUT2D eigenvalue weighted by Crippen LogP contribution is -2.15. The second kappa shape index (κ2) is 5.18. The number of benzene rings is 1. The van der Waals surface area contributed by atoms with E-state index >= 15 is 0 Å². The predicted octanol–water partition coefficient (Wildman–Crippen LogP) is 2.32. The zero-order valence-corrected chi connectivity index (χ0v) is 11.4. The molecule has 0 amide bonds. The van der Waals surface area contributed by atoms with Crippen LogP contribution in [0.25, 0.3) is 0 Å². The normalized spacial score (nSPS) is 10.5. The summed E-state index contributed by atoms with van der Waals surface area (Å²) in [5.41, 5.74) is 3.71. The lowest BCUT2D eigenvalue weighted by atomic mass is 10.1. The number of phenols is 1. The van der Waals surface area contributed by atoms with Crippen molar-refractivity contribution in [1.82, 2.24) is 4.57 Å². The molecule has 4 heteroatoms. The molecule has 0 saturated heterocycles. The highest BCUT2D eigenvalue weighted by atomic mass is 16.3. The van der Waals surface area contributed by atoms with Crippen LogP contribution in [0.15, 0.2) is 35.3 Å². The third kappa shape index (κ3) is 2.96. The fraction of sp³-hybridized carbons (Fsp3) is 0.267. The van der Waals surface area contributed by atoms with E-state index in [0.717, 1.165) is 22.4 Å². The highest BCUT2D eigenvalue weighted by Gasteiger charge is 2.03. The standard InChI is InChI=1S/C15H18N2O2/c1-10-6-12(7-11(2)15(10)19)8-16-13-4-5-14(18)17(3)9-13/h4-7,9,16,19H,8H2,1-3H3. The molecular formula is C15H18N2O2. The van der Waals surface area contributed by atoms with Crippen LogP contribution in [0.5, 0.6) is 5.75 Å². The van der Waals surface area contributed by atoms with E-state index in [2.05, 4.69) is 5.32 Å². The first-order valence-electron chi connectivity index (χ1n) is 6.17. The van der Waals surface area contributed by atoms with Gasteiger partial charge in [0, 0.05) is 25.9 Å². The van der Waals surface area contributed by atoms with E-state index in [1.54, 1.807) is 19.3 Å². The van der Waals surface area contributed by atoms with Gasteiger partial charge in [0.2, 0.25) is 5.56 Å². The van der Waals surface area contributed by atoms with Gasteiger partial charge in [-0.3, -0.25) is 4.79 Å². The quantitative estimate of drug-likeness (QED) is 0.888. The van der Waals surface area contributed by atoms with Gasteiger partial charge in [-0.25, -0.2) is 0 Å². The molecule has 0 unspecified atom stereocenters. The summed E-state index contributed by atoms with van der Waals surface area (Å²) in [5, 5.41) is 13.0. The van der Waals surface area contributed by atoms with Crippen LogP contribution in [0.2, 0.25) is 0 Å². The fourth-order valence-corrected chi connectivity index (χ4v) is 2.05. The van der Waals surface area contributed by atoms with E-state index in [-0.39, 0.29) is 5.56 Å². The highest BCUT2D eigenvalue weighted by Crippen LogP contribution is 2.23. The van der Waals surface area contributed by atoms with Crippen molar-refractivity contribution >= 4 is 5.69 Å². The second-order valence-electron chi connectivity index (χ2n) is 4.80. The van der Waals surface area contributed by atoms with Crippen molar-refractivity contribution in [3.63, 3.8) is 0 Å². The van der Waals surface area contributed by atoms with Gasteiger partial charge in [0.1, 0.15) is 5.75 Å². The van der Waals surface area contributed by atoms with Crippen LogP contribution in [0.1, 0.15) is 16.7 Å². The SMILES string of the molecule is Cc1cc(CNc2ccc(=O)n(C)c2)cc(C)c1O. The number of aromatic nitrogens is 1. The topological polar surface area (TPSA) is 54.3 Å². The molecule has 1 aromatic carbocycles. The number of aromatic hydroxyl groups is 1. The average molecular weight is 258 g/mol. The van der Waals surface area contributed by atoms with Gasteiger partial charge in [0.15, 0.2) is 0 Å². The van der Waals surface area contributed by atoms with E-state index in [9.17, 15) is 9.90 Å². The number of hydrogen-bond acceptors (Lipinski definition) is 3. The Bertz CT molecular complexity index is 636. The summed E-state index contributed by atoms with van der Waals surface area (Å²) in [6.07, 6.45) is 1.77. The zero-order valence-electron chi connectivity index (χ0n) is 11.4. The summed E-state index contributed by atoms with van der Waals surface area (Å²) in [4.78, 5) is 11.3. The molecule has 0 bridgehead atoms. The number of nitrogens with one attached hydrogen (secondary N) is 1. The molecule has 0 spiro atoms. The summed E-state index contributed by atoms with van der Waals surface area (Å²) in [7, 11) is 1.72. The Kier molecular flexibility index (Phi) is 3.60. The van der Waals surface area contributed by atoms with Gasteiger partial charge in [0.25, 0.3) is 0 Å². The number of hydrogen-bond donors (Lipinski definition) is 2. The molecule has 4 nitrogen and oxygen atoms in total. The van der Waals surface area contributed by atoms with E-state index in [0.29, 0.717) is 12.3 Å². The molecule has 0 aliphatic heterocycles. The van der Waals surface area contributed by atoms with E-state index < -0.39 is 0 Å². The first kappa shape index (κ1) is 13.2. The van der Waals surface area contributed by atoms with Gasteiger partial charge >= 0.3 is 0 Å². The summed E-state index contributed by atoms with van der Waals surface area (Å²) < 4.78 is 1.54. The van der Waals surface area contributed by atoms with Crippen LogP contribution in [0.3, 0.4) is 0 Å². The van der Waals surface area contributed by atoms with E-state index in [1.165, 1.54) is 10.6 Å². The molecule has 2 aromatic rings. The van der Waals surface area contributed by atoms with Gasteiger partial charge < -0.3 is 15.0 Å². The Hall–Kier alpha value is -2.23. The maximum atomic E-state index is 11.3. The lowest BCUT2D eigenvalue weighted by molar-refractivity contribution is 0.466. The van der Waals surface area contributed by atoms with Gasteiger partial charge in [-0.1, -0.05) is 12.1 Å². The molecule has 19 heavy (non-hydrogen) atoms. The molecule has 0 atom stereocenters. The smallest absolute Gasteiger partial charge is 0.250 e. The van der Waals surface area contributed by atoms with Crippen LogP contribution in [-0.4, -0.2) is 9.67 Å². The Labute approximate surface area is 112 Å². The van der Waals surface area contributed by atoms with E-state index in [4.69, 9.17) is 0 Å². The summed E-state index contributed by atoms with van der Waals surface area (Å²) in [5.74, 6) is 0.353. The maximum absolute atomic E-state index is 11.3. The number of anilines is 1. The molecule has 100 valence electrons. The Balaban J connectivity index is 2.14. The van der Waals surface area contributed by atoms with Crippen molar-refractivity contribution in [2.75, 3.05) is 5.32 Å². The van der Waals surface area contributed by atoms with Crippen LogP contribution < -0.4 is 10.9 Å². The first-order chi connectivity index (χ1) is 8.97. The number of pyridine rings is 1. The molecule has 0 radical (unpaired) electrons. The van der Waals surface area contributed by atoms with Gasteiger partial charge in [-0.2, -0.15) is 0 Å². The Morgan fingerprint density at radius 1 is 1.21 bits per heavy atom. The third-order valence-corrected chi connectivity index (χ3v) is 3.13. The predicted molar refractivity (Wildman–Crippen MR) is 76.6 cm³/mol. The van der Waals surface area contributed by atoms with Crippen molar-refractivity contribution in [3.05, 3.63) is 57.5 Å². The van der Waals surface area contributed by atoms with Gasteiger partial charge in [0.05, 0.1) is 5.69 Å². The molecular weight excluding hydrogens is 240 g/mol. The fourth-order valence-electron chi connectivity index (χ4n) is 2.05. The summed E-state index contributed by atoms with van der Waals surface area (Å²) in [6.45, 7) is 4.43. The van der Waals surface area contributed by atoms with Crippen LogP contribution >= 0.6 is 0 Å². The molecule has 0 aliphatic rings. The highest BCUT2D eigenvalue weighted by molar-refractivity contribution is 5.45. The lowest BCUT2D eigenvalue weighted by Gasteiger charge is -2.10. The van der Waals surface area contributed by atoms with Crippen LogP contribution in [0.4, 0.5) is 5.69 Å². The Morgan fingerprint density at radius 3 is 2.42 bits per heavy atom. The molecule has 2 rings (SSSR count). The largest absolute Gasteiger partial charge is 0.507 e. The van der Waals surface area contributed by atoms with Crippen molar-refractivity contribution in [2.24, 2.45) is 7.05 Å². The average Bonchev–Trinajstić information content (AvgIpc) is 2.37. The van der Waals surface area contributed by atoms with E-state index in [1.807, 2.05) is 26.0 Å². The van der Waals surface area contributed by atoms with Crippen LogP contribution in [-0.2, 0) is 13.6 Å². The minimum atomic E-state index is -0.0260. The minimum Gasteiger partial charge on any atom is -0.507 e. The van der Waals surface area contributed by atoms with Crippen molar-refractivity contribution in [1.29, 1.82) is 0 Å². The minimum absolute atomic E-state index is 0.0260. The second-order valence-corrected chi connectivity index (χ2v) is 4.80. The molecule has 0 aliphatic carbocycles. The molecule has 1 heterocycles. The van der Waals surface area contributed by atoms with Crippen LogP contribution in [0, 0.1) is 13.8 Å². The molecule has 1 aromatic heterocycles. The number of rotatable bonds is 3. The van der Waals surface area contributed by atoms with Gasteiger partial charge in [-0.15, -0.1) is 0 Å². The maximum Gasteiger partial charge on any atom is 0.250 e. The first-order valence-corrected chi connectivity index (χ1v) is 6.17. The monoisotopic (exact) mass is 258 g/mol. The van der Waals surface area contributed by atoms with Crippen molar-refractivity contribution < 1.29 is 5.11 Å². The summed E-state index contributed by atoms with van der Waals surface area (Å²) in [6, 6.07) is 7.21. The summed E-state index contributed by atoms with van der Waals surface area (Å²) >= 11 is 0. The number of nitrogens with zero attached hydrogens (tertiary/aromatic N) is 1. The number of aryl methyl sites for hydroxylation is 3. The molecule has 0 saturated carbocycles. The Morgan fingerprint density at radius 2 is 1.84 bits per heavy atom. The molecule has 2 N–H and O–H groups in total. The van der Waals surface area contributed by atoms with Crippen molar-refractivity contribution in [2.45, 2.75) is 20.4 Å². The number of phenolic OH excluding ortho intramolecular Hbond substituents is 1. The molecule has 0 fully saturated rings. The zero-order chi connectivity index (χ0) is 14.0. The third-order valence-electron chi connectivity index (χ3n) is 3.13. The van der Waals surface area contributed by atoms with Crippen molar-refractivity contribution in [3.8, 4) is 5.75 Å².